The van der Waals surface area contributed by atoms with Crippen molar-refractivity contribution in [3.05, 3.63) is 0 Å². The first kappa shape index (κ1) is 20.9. The largest absolute Gasteiger partial charge is 0.382 e. The summed E-state index contributed by atoms with van der Waals surface area (Å²) in [5, 5.41) is 3.69. The van der Waals surface area contributed by atoms with Gasteiger partial charge >= 0.3 is 0 Å². The Labute approximate surface area is 144 Å². The molecule has 1 saturated heterocycles. The Balaban J connectivity index is 2.53. The van der Waals surface area contributed by atoms with Crippen molar-refractivity contribution in [2.24, 2.45) is 5.41 Å². The minimum atomic E-state index is 0.139. The molecule has 2 unspecified atom stereocenters. The maximum Gasteiger partial charge on any atom is 0.123 e. The molecule has 1 rings (SSSR count). The summed E-state index contributed by atoms with van der Waals surface area (Å²) in [6.45, 7) is 15.1. The number of piperazine rings is 1. The molecule has 0 amide bonds. The van der Waals surface area contributed by atoms with Gasteiger partial charge in [-0.1, -0.05) is 53.4 Å². The second-order valence-electron chi connectivity index (χ2n) is 8.09. The van der Waals surface area contributed by atoms with Gasteiger partial charge in [-0.15, -0.1) is 0 Å². The molecule has 1 heterocycles. The van der Waals surface area contributed by atoms with Crippen LogP contribution in [0.25, 0.3) is 0 Å². The third-order valence-electron chi connectivity index (χ3n) is 4.75. The second kappa shape index (κ2) is 10.7. The van der Waals surface area contributed by atoms with E-state index in [4.69, 9.17) is 9.47 Å². The predicted octanol–water partition coefficient (Wildman–Crippen LogP) is 3.65. The summed E-state index contributed by atoms with van der Waals surface area (Å²) in [5.41, 5.74) is 0.281. The average molecular weight is 329 g/mol. The summed E-state index contributed by atoms with van der Waals surface area (Å²) in [7, 11) is 1.74. The molecule has 0 saturated carbocycles. The third-order valence-corrected chi connectivity index (χ3v) is 4.75. The maximum absolute atomic E-state index is 6.22. The summed E-state index contributed by atoms with van der Waals surface area (Å²) in [6, 6.07) is 0.524. The summed E-state index contributed by atoms with van der Waals surface area (Å²) < 4.78 is 11.4. The van der Waals surface area contributed by atoms with Crippen molar-refractivity contribution in [2.75, 3.05) is 33.4 Å². The zero-order valence-corrected chi connectivity index (χ0v) is 16.4. The first-order valence-corrected chi connectivity index (χ1v) is 9.50. The molecule has 1 aliphatic rings. The van der Waals surface area contributed by atoms with Crippen molar-refractivity contribution in [2.45, 2.75) is 85.1 Å². The zero-order valence-electron chi connectivity index (χ0n) is 16.4. The van der Waals surface area contributed by atoms with Crippen LogP contribution in [0.2, 0.25) is 0 Å². The summed E-state index contributed by atoms with van der Waals surface area (Å²) in [5.74, 6) is 0. The molecule has 1 N–H and O–H groups in total. The van der Waals surface area contributed by atoms with Gasteiger partial charge in [0.25, 0.3) is 0 Å². The van der Waals surface area contributed by atoms with Crippen LogP contribution in [-0.4, -0.2) is 56.6 Å². The molecule has 0 bridgehead atoms. The molecule has 0 radical (unpaired) electrons. The molecule has 0 spiro atoms. The molecule has 0 aliphatic carbocycles. The molecule has 0 aromatic heterocycles. The van der Waals surface area contributed by atoms with Gasteiger partial charge < -0.3 is 14.8 Å². The van der Waals surface area contributed by atoms with Crippen molar-refractivity contribution in [1.29, 1.82) is 0 Å². The molecule has 138 valence electrons. The van der Waals surface area contributed by atoms with Gasteiger partial charge in [0.05, 0.1) is 12.7 Å². The minimum Gasteiger partial charge on any atom is -0.382 e. The summed E-state index contributed by atoms with van der Waals surface area (Å²) in [4.78, 5) is 2.55. The highest BCUT2D eigenvalue weighted by Crippen LogP contribution is 2.24. The second-order valence-corrected chi connectivity index (χ2v) is 8.09. The van der Waals surface area contributed by atoms with E-state index in [0.717, 1.165) is 19.6 Å². The van der Waals surface area contributed by atoms with Crippen LogP contribution in [0.3, 0.4) is 0 Å². The van der Waals surface area contributed by atoms with Crippen LogP contribution < -0.4 is 5.32 Å². The van der Waals surface area contributed by atoms with Crippen LogP contribution in [0.5, 0.6) is 0 Å². The van der Waals surface area contributed by atoms with Gasteiger partial charge in [-0.05, 0) is 18.8 Å². The molecule has 0 aromatic carbocycles. The van der Waals surface area contributed by atoms with Gasteiger partial charge in [0, 0.05) is 32.8 Å². The number of hydrogen-bond acceptors (Lipinski definition) is 4. The predicted molar refractivity (Wildman–Crippen MR) is 97.8 cm³/mol. The van der Waals surface area contributed by atoms with Crippen molar-refractivity contribution >= 4 is 0 Å². The highest BCUT2D eigenvalue weighted by molar-refractivity contribution is 4.89. The lowest BCUT2D eigenvalue weighted by Crippen LogP contribution is -2.61. The molecule has 4 heteroatoms. The fraction of sp³-hybridized carbons (Fsp3) is 1.00. The number of unbranched alkanes of at least 4 members (excludes halogenated alkanes) is 4. The van der Waals surface area contributed by atoms with E-state index in [1.165, 1.54) is 32.1 Å². The van der Waals surface area contributed by atoms with Gasteiger partial charge in [0.15, 0.2) is 0 Å². The zero-order chi connectivity index (χ0) is 17.3. The maximum atomic E-state index is 6.22. The van der Waals surface area contributed by atoms with Gasteiger partial charge in [-0.2, -0.15) is 0 Å². The lowest BCUT2D eigenvalue weighted by molar-refractivity contribution is -0.129. The van der Waals surface area contributed by atoms with Crippen LogP contribution in [-0.2, 0) is 9.47 Å². The quantitative estimate of drug-likeness (QED) is 0.621. The number of nitrogens with one attached hydrogen (secondary N) is 1. The number of methoxy groups -OCH3 is 1. The average Bonchev–Trinajstić information content (AvgIpc) is 2.47. The molecule has 23 heavy (non-hydrogen) atoms. The standard InChI is InChI=1S/C19H40N2O2/c1-7-8-9-10-11-12-21-14-17(19(3,4)5)20-13-18(21)23-16(2)15-22-6/h16-18,20H,7-15H2,1-6H3/t16-,17?,18?/m0/s1. The monoisotopic (exact) mass is 328 g/mol. The van der Waals surface area contributed by atoms with Crippen molar-refractivity contribution in [3.8, 4) is 0 Å². The number of nitrogens with zero attached hydrogens (tertiary/aromatic N) is 1. The fourth-order valence-electron chi connectivity index (χ4n) is 3.20. The molecular weight excluding hydrogens is 288 g/mol. The lowest BCUT2D eigenvalue weighted by atomic mass is 9.85. The van der Waals surface area contributed by atoms with Gasteiger partial charge in [0.1, 0.15) is 6.23 Å². The molecule has 3 atom stereocenters. The Kier molecular flexibility index (Phi) is 9.67. The Bertz CT molecular complexity index is 304. The fourth-order valence-corrected chi connectivity index (χ4v) is 3.20. The van der Waals surface area contributed by atoms with E-state index in [1.54, 1.807) is 7.11 Å². The minimum absolute atomic E-state index is 0.139. The van der Waals surface area contributed by atoms with E-state index >= 15 is 0 Å². The van der Waals surface area contributed by atoms with E-state index in [2.05, 4.69) is 44.8 Å². The highest BCUT2D eigenvalue weighted by Gasteiger charge is 2.34. The van der Waals surface area contributed by atoms with Crippen LogP contribution >= 0.6 is 0 Å². The first-order valence-electron chi connectivity index (χ1n) is 9.50. The molecular formula is C19H40N2O2. The molecule has 1 fully saturated rings. The molecule has 1 aliphatic heterocycles. The number of hydrogen-bond donors (Lipinski definition) is 1. The van der Waals surface area contributed by atoms with Crippen molar-refractivity contribution in [3.63, 3.8) is 0 Å². The van der Waals surface area contributed by atoms with Gasteiger partial charge in [-0.25, -0.2) is 0 Å². The van der Waals surface area contributed by atoms with E-state index in [1.807, 2.05) is 0 Å². The van der Waals surface area contributed by atoms with Crippen LogP contribution in [0.15, 0.2) is 0 Å². The third kappa shape index (κ3) is 7.97. The van der Waals surface area contributed by atoms with Gasteiger partial charge in [0.2, 0.25) is 0 Å². The van der Waals surface area contributed by atoms with Crippen LogP contribution in [0, 0.1) is 5.41 Å². The lowest BCUT2D eigenvalue weighted by Gasteiger charge is -2.45. The Morgan fingerprint density at radius 2 is 1.87 bits per heavy atom. The van der Waals surface area contributed by atoms with E-state index in [9.17, 15) is 0 Å². The van der Waals surface area contributed by atoms with E-state index in [-0.39, 0.29) is 17.7 Å². The SMILES string of the molecule is CCCCCCCN1CC(C(C)(C)C)NCC1O[C@@H](C)COC. The Morgan fingerprint density at radius 3 is 2.48 bits per heavy atom. The Hall–Kier alpha value is -0.160. The van der Waals surface area contributed by atoms with Crippen molar-refractivity contribution < 1.29 is 9.47 Å². The topological polar surface area (TPSA) is 33.7 Å². The highest BCUT2D eigenvalue weighted by atomic mass is 16.5. The van der Waals surface area contributed by atoms with Crippen LogP contribution in [0.1, 0.15) is 66.7 Å². The molecule has 0 aromatic rings. The van der Waals surface area contributed by atoms with E-state index in [0.29, 0.717) is 12.6 Å². The summed E-state index contributed by atoms with van der Waals surface area (Å²) in [6.07, 6.45) is 6.94. The summed E-state index contributed by atoms with van der Waals surface area (Å²) >= 11 is 0. The van der Waals surface area contributed by atoms with E-state index < -0.39 is 0 Å². The van der Waals surface area contributed by atoms with Gasteiger partial charge in [-0.3, -0.25) is 4.90 Å². The Morgan fingerprint density at radius 1 is 1.17 bits per heavy atom. The number of rotatable bonds is 10. The smallest absolute Gasteiger partial charge is 0.123 e. The van der Waals surface area contributed by atoms with Crippen LogP contribution in [0.4, 0.5) is 0 Å². The molecule has 4 nitrogen and oxygen atoms in total. The number of ether oxygens (including phenoxy) is 2. The normalized spacial score (nSPS) is 24.8. The first-order chi connectivity index (χ1) is 10.9. The van der Waals surface area contributed by atoms with Crippen molar-refractivity contribution in [1.82, 2.24) is 10.2 Å².